The van der Waals surface area contributed by atoms with Gasteiger partial charge in [-0.25, -0.2) is 18.2 Å². The summed E-state index contributed by atoms with van der Waals surface area (Å²) in [5, 5.41) is -0.569. The molecule has 2 heterocycles. The molecule has 1 aromatic rings. The zero-order valence-corrected chi connectivity index (χ0v) is 13.3. The van der Waals surface area contributed by atoms with Gasteiger partial charge in [-0.3, -0.25) is 0 Å². The SMILES string of the molecule is CC(C)(C)OC(=O)N1CC[C@@H](S(=O)(=O)c2ccccn2)C1. The van der Waals surface area contributed by atoms with Gasteiger partial charge in [0.25, 0.3) is 0 Å². The standard InChI is InChI=1S/C14H20N2O4S/c1-14(2,3)20-13(17)16-9-7-11(10-16)21(18,19)12-6-4-5-8-15-12/h4-6,8,11H,7,9-10H2,1-3H3/t11-/m1/s1. The van der Waals surface area contributed by atoms with Crippen molar-refractivity contribution < 1.29 is 17.9 Å². The van der Waals surface area contributed by atoms with Crippen molar-refractivity contribution in [1.29, 1.82) is 0 Å². The molecule has 0 aromatic carbocycles. The number of aromatic nitrogens is 1. The highest BCUT2D eigenvalue weighted by Crippen LogP contribution is 2.24. The predicted octanol–water partition coefficient (Wildman–Crippen LogP) is 1.86. The molecule has 0 N–H and O–H groups in total. The lowest BCUT2D eigenvalue weighted by atomic mass is 10.2. The van der Waals surface area contributed by atoms with Gasteiger partial charge in [0.2, 0.25) is 0 Å². The summed E-state index contributed by atoms with van der Waals surface area (Å²) >= 11 is 0. The van der Waals surface area contributed by atoms with E-state index in [2.05, 4.69) is 4.98 Å². The molecule has 116 valence electrons. The number of rotatable bonds is 2. The van der Waals surface area contributed by atoms with Crippen molar-refractivity contribution in [2.24, 2.45) is 0 Å². The van der Waals surface area contributed by atoms with Crippen LogP contribution >= 0.6 is 0 Å². The lowest BCUT2D eigenvalue weighted by Gasteiger charge is -2.24. The number of amides is 1. The molecule has 0 saturated carbocycles. The van der Waals surface area contributed by atoms with E-state index >= 15 is 0 Å². The Morgan fingerprint density at radius 1 is 1.38 bits per heavy atom. The van der Waals surface area contributed by atoms with Crippen LogP contribution in [0.25, 0.3) is 0 Å². The normalized spacial score (nSPS) is 19.6. The van der Waals surface area contributed by atoms with Gasteiger partial charge < -0.3 is 9.64 Å². The van der Waals surface area contributed by atoms with Crippen LogP contribution in [0.5, 0.6) is 0 Å². The molecule has 21 heavy (non-hydrogen) atoms. The molecule has 1 aliphatic heterocycles. The molecular weight excluding hydrogens is 292 g/mol. The predicted molar refractivity (Wildman–Crippen MR) is 77.6 cm³/mol. The van der Waals surface area contributed by atoms with Crippen molar-refractivity contribution in [2.45, 2.75) is 43.1 Å². The van der Waals surface area contributed by atoms with Gasteiger partial charge in [0.1, 0.15) is 5.60 Å². The van der Waals surface area contributed by atoms with Crippen molar-refractivity contribution in [1.82, 2.24) is 9.88 Å². The van der Waals surface area contributed by atoms with Gasteiger partial charge in [0, 0.05) is 19.3 Å². The largest absolute Gasteiger partial charge is 0.444 e. The molecule has 0 unspecified atom stereocenters. The second kappa shape index (κ2) is 5.63. The number of hydrogen-bond donors (Lipinski definition) is 0. The Balaban J connectivity index is 2.07. The third-order valence-electron chi connectivity index (χ3n) is 3.16. The fourth-order valence-corrected chi connectivity index (χ4v) is 3.77. The maximum atomic E-state index is 12.4. The fourth-order valence-electron chi connectivity index (χ4n) is 2.16. The van der Waals surface area contributed by atoms with Gasteiger partial charge in [-0.2, -0.15) is 0 Å². The first kappa shape index (κ1) is 15.8. The third kappa shape index (κ3) is 3.72. The molecule has 0 bridgehead atoms. The van der Waals surface area contributed by atoms with Crippen molar-refractivity contribution in [3.63, 3.8) is 0 Å². The molecule has 2 rings (SSSR count). The molecule has 1 aromatic heterocycles. The topological polar surface area (TPSA) is 76.6 Å². The quantitative estimate of drug-likeness (QED) is 0.833. The van der Waals surface area contributed by atoms with E-state index in [1.807, 2.05) is 0 Å². The van der Waals surface area contributed by atoms with Crippen LogP contribution in [0, 0.1) is 0 Å². The molecule has 7 heteroatoms. The molecule has 0 aliphatic carbocycles. The first-order chi connectivity index (χ1) is 9.70. The molecule has 1 saturated heterocycles. The van der Waals surface area contributed by atoms with E-state index in [9.17, 15) is 13.2 Å². The monoisotopic (exact) mass is 312 g/mol. The highest BCUT2D eigenvalue weighted by Gasteiger charge is 2.38. The number of nitrogens with zero attached hydrogens (tertiary/aromatic N) is 2. The lowest BCUT2D eigenvalue weighted by Crippen LogP contribution is -2.36. The van der Waals surface area contributed by atoms with E-state index in [4.69, 9.17) is 4.74 Å². The smallest absolute Gasteiger partial charge is 0.410 e. The second-order valence-electron chi connectivity index (χ2n) is 6.05. The first-order valence-corrected chi connectivity index (χ1v) is 8.37. The average molecular weight is 312 g/mol. The molecule has 1 fully saturated rings. The van der Waals surface area contributed by atoms with Crippen LogP contribution in [-0.4, -0.2) is 48.3 Å². The van der Waals surface area contributed by atoms with Gasteiger partial charge in [-0.05, 0) is 39.3 Å². The molecule has 0 spiro atoms. The van der Waals surface area contributed by atoms with Crippen LogP contribution in [-0.2, 0) is 14.6 Å². The Morgan fingerprint density at radius 3 is 2.67 bits per heavy atom. The minimum absolute atomic E-state index is 0.0565. The Labute approximate surface area is 125 Å². The van der Waals surface area contributed by atoms with Gasteiger partial charge in [-0.15, -0.1) is 0 Å². The molecule has 1 atom stereocenters. The summed E-state index contributed by atoms with van der Waals surface area (Å²) in [7, 11) is -3.51. The summed E-state index contributed by atoms with van der Waals surface area (Å²) < 4.78 is 30.2. The van der Waals surface area contributed by atoms with Crippen molar-refractivity contribution in [3.8, 4) is 0 Å². The highest BCUT2D eigenvalue weighted by molar-refractivity contribution is 7.92. The van der Waals surface area contributed by atoms with E-state index in [1.165, 1.54) is 17.2 Å². The molecule has 6 nitrogen and oxygen atoms in total. The molecule has 0 radical (unpaired) electrons. The van der Waals surface area contributed by atoms with Crippen molar-refractivity contribution in [3.05, 3.63) is 24.4 Å². The minimum Gasteiger partial charge on any atom is -0.444 e. The van der Waals surface area contributed by atoms with Crippen molar-refractivity contribution >= 4 is 15.9 Å². The van der Waals surface area contributed by atoms with E-state index in [1.54, 1.807) is 32.9 Å². The first-order valence-electron chi connectivity index (χ1n) is 6.83. The van der Waals surface area contributed by atoms with E-state index in [-0.39, 0.29) is 11.6 Å². The fraction of sp³-hybridized carbons (Fsp3) is 0.571. The zero-order chi connectivity index (χ0) is 15.7. The summed E-state index contributed by atoms with van der Waals surface area (Å²) in [5.74, 6) is 0. The third-order valence-corrected chi connectivity index (χ3v) is 5.25. The lowest BCUT2D eigenvalue weighted by molar-refractivity contribution is 0.0295. The number of likely N-dealkylation sites (tertiary alicyclic amines) is 1. The van der Waals surface area contributed by atoms with Crippen LogP contribution < -0.4 is 0 Å². The average Bonchev–Trinajstić information content (AvgIpc) is 2.88. The highest BCUT2D eigenvalue weighted by atomic mass is 32.2. The van der Waals surface area contributed by atoms with Crippen LogP contribution in [0.2, 0.25) is 0 Å². The number of hydrogen-bond acceptors (Lipinski definition) is 5. The van der Waals surface area contributed by atoms with Gasteiger partial charge in [0.15, 0.2) is 14.9 Å². The number of pyridine rings is 1. The maximum absolute atomic E-state index is 12.4. The zero-order valence-electron chi connectivity index (χ0n) is 12.4. The Morgan fingerprint density at radius 2 is 2.10 bits per heavy atom. The molecule has 1 amide bonds. The maximum Gasteiger partial charge on any atom is 0.410 e. The summed E-state index contributed by atoms with van der Waals surface area (Å²) in [6, 6.07) is 4.78. The van der Waals surface area contributed by atoms with E-state index in [0.29, 0.717) is 13.0 Å². The van der Waals surface area contributed by atoms with Crippen LogP contribution in [0.15, 0.2) is 29.4 Å². The summed E-state index contributed by atoms with van der Waals surface area (Å²) in [6.45, 7) is 5.87. The second-order valence-corrected chi connectivity index (χ2v) is 8.22. The number of sulfone groups is 1. The summed E-state index contributed by atoms with van der Waals surface area (Å²) in [6.07, 6.45) is 1.38. The Hall–Kier alpha value is -1.63. The Kier molecular flexibility index (Phi) is 4.22. The number of carbonyl (C=O) groups is 1. The molecular formula is C14H20N2O4S. The minimum atomic E-state index is -3.51. The summed E-state index contributed by atoms with van der Waals surface area (Å²) in [5.41, 5.74) is -0.588. The van der Waals surface area contributed by atoms with Crippen LogP contribution in [0.3, 0.4) is 0 Å². The molecule has 1 aliphatic rings. The van der Waals surface area contributed by atoms with Gasteiger partial charge >= 0.3 is 6.09 Å². The van der Waals surface area contributed by atoms with Crippen LogP contribution in [0.1, 0.15) is 27.2 Å². The Bertz CT molecular complexity index is 608. The van der Waals surface area contributed by atoms with E-state index < -0.39 is 26.8 Å². The number of carbonyl (C=O) groups excluding carboxylic acids is 1. The van der Waals surface area contributed by atoms with Crippen LogP contribution in [0.4, 0.5) is 4.79 Å². The van der Waals surface area contributed by atoms with Gasteiger partial charge in [-0.1, -0.05) is 6.07 Å². The van der Waals surface area contributed by atoms with Gasteiger partial charge in [0.05, 0.1) is 5.25 Å². The van der Waals surface area contributed by atoms with Crippen molar-refractivity contribution in [2.75, 3.05) is 13.1 Å². The number of ether oxygens (including phenoxy) is 1. The summed E-state index contributed by atoms with van der Waals surface area (Å²) in [4.78, 5) is 17.3. The van der Waals surface area contributed by atoms with E-state index in [0.717, 1.165) is 0 Å².